The average Bonchev–Trinajstić information content (AvgIpc) is 3.79. The lowest BCUT2D eigenvalue weighted by molar-refractivity contribution is -0.142. The molecule has 2 aliphatic heterocycles. The molecule has 8 nitrogen and oxygen atoms in total. The Morgan fingerprint density at radius 2 is 2.08 bits per heavy atom. The SMILES string of the molecule is C=Cc1ccnc(Nc2cc(C#N)c(N3CCN(C(=O)CC4CCO4)C(C4CC4)C3)nc2C2CC2)c1. The van der Waals surface area contributed by atoms with Gasteiger partial charge in [-0.25, -0.2) is 9.97 Å². The molecular weight excluding hydrogens is 452 g/mol. The number of carbonyl (C=O) groups excluding carboxylic acids is 1. The highest BCUT2D eigenvalue weighted by Crippen LogP contribution is 2.45. The van der Waals surface area contributed by atoms with Gasteiger partial charge in [-0.2, -0.15) is 5.26 Å². The lowest BCUT2D eigenvalue weighted by Gasteiger charge is -2.43. The molecule has 36 heavy (non-hydrogen) atoms. The molecule has 8 heteroatoms. The largest absolute Gasteiger partial charge is 0.377 e. The maximum absolute atomic E-state index is 13.1. The van der Waals surface area contributed by atoms with Crippen LogP contribution in [-0.4, -0.2) is 59.2 Å². The van der Waals surface area contributed by atoms with E-state index in [4.69, 9.17) is 9.72 Å². The van der Waals surface area contributed by atoms with Gasteiger partial charge in [0.05, 0.1) is 35.5 Å². The van der Waals surface area contributed by atoms with E-state index in [9.17, 15) is 10.1 Å². The van der Waals surface area contributed by atoms with E-state index in [1.807, 2.05) is 18.2 Å². The highest BCUT2D eigenvalue weighted by Gasteiger charge is 2.42. The van der Waals surface area contributed by atoms with Gasteiger partial charge in [0.1, 0.15) is 17.7 Å². The van der Waals surface area contributed by atoms with Gasteiger partial charge in [-0.1, -0.05) is 12.7 Å². The molecule has 2 saturated heterocycles. The van der Waals surface area contributed by atoms with Crippen LogP contribution in [0.2, 0.25) is 0 Å². The number of piperazine rings is 1. The second kappa shape index (κ2) is 9.55. The van der Waals surface area contributed by atoms with Crippen LogP contribution in [-0.2, 0) is 9.53 Å². The van der Waals surface area contributed by atoms with Crippen molar-refractivity contribution in [1.82, 2.24) is 14.9 Å². The molecule has 6 rings (SSSR count). The summed E-state index contributed by atoms with van der Waals surface area (Å²) >= 11 is 0. The Morgan fingerprint density at radius 1 is 1.25 bits per heavy atom. The number of nitrogens with zero attached hydrogens (tertiary/aromatic N) is 5. The van der Waals surface area contributed by atoms with Crippen molar-refractivity contribution in [2.45, 2.75) is 56.6 Å². The lowest BCUT2D eigenvalue weighted by Crippen LogP contribution is -2.57. The molecule has 186 valence electrons. The quantitative estimate of drug-likeness (QED) is 0.599. The van der Waals surface area contributed by atoms with Crippen LogP contribution in [0.1, 0.15) is 61.3 Å². The Hall–Kier alpha value is -3.44. The molecule has 0 radical (unpaired) electrons. The number of ether oxygens (including phenoxy) is 1. The van der Waals surface area contributed by atoms with E-state index in [0.29, 0.717) is 42.7 Å². The predicted molar refractivity (Wildman–Crippen MR) is 138 cm³/mol. The number of carbonyl (C=O) groups is 1. The minimum atomic E-state index is 0.0880. The summed E-state index contributed by atoms with van der Waals surface area (Å²) in [6.07, 6.45) is 9.61. The molecule has 2 unspecified atom stereocenters. The third-order valence-electron chi connectivity index (χ3n) is 7.80. The molecule has 1 N–H and O–H groups in total. The number of rotatable bonds is 8. The molecule has 2 aliphatic carbocycles. The van der Waals surface area contributed by atoms with Crippen LogP contribution in [0.5, 0.6) is 0 Å². The summed E-state index contributed by atoms with van der Waals surface area (Å²) in [4.78, 5) is 26.9. The fourth-order valence-corrected chi connectivity index (χ4v) is 5.34. The molecule has 2 aromatic rings. The summed E-state index contributed by atoms with van der Waals surface area (Å²) < 4.78 is 5.51. The van der Waals surface area contributed by atoms with Gasteiger partial charge in [0.2, 0.25) is 5.91 Å². The van der Waals surface area contributed by atoms with Gasteiger partial charge in [0, 0.05) is 38.4 Å². The van der Waals surface area contributed by atoms with Gasteiger partial charge in [0.25, 0.3) is 0 Å². The lowest BCUT2D eigenvalue weighted by atomic mass is 10.0. The first-order chi connectivity index (χ1) is 17.6. The van der Waals surface area contributed by atoms with E-state index in [1.165, 1.54) is 0 Å². The molecular formula is C28H32N6O2. The highest BCUT2D eigenvalue weighted by atomic mass is 16.5. The third-order valence-corrected chi connectivity index (χ3v) is 7.80. The zero-order valence-electron chi connectivity index (χ0n) is 20.5. The van der Waals surface area contributed by atoms with Gasteiger partial charge in [-0.3, -0.25) is 4.79 Å². The normalized spacial score (nSPS) is 23.5. The topological polar surface area (TPSA) is 94.4 Å². The van der Waals surface area contributed by atoms with Gasteiger partial charge in [0.15, 0.2) is 0 Å². The molecule has 2 atom stereocenters. The van der Waals surface area contributed by atoms with Crippen LogP contribution < -0.4 is 10.2 Å². The van der Waals surface area contributed by atoms with Crippen LogP contribution in [0.25, 0.3) is 6.08 Å². The number of hydrogen-bond acceptors (Lipinski definition) is 7. The molecule has 2 saturated carbocycles. The van der Waals surface area contributed by atoms with Crippen LogP contribution in [0.4, 0.5) is 17.3 Å². The van der Waals surface area contributed by atoms with E-state index in [0.717, 1.165) is 68.0 Å². The van der Waals surface area contributed by atoms with E-state index in [2.05, 4.69) is 32.7 Å². The molecule has 0 bridgehead atoms. The molecule has 0 aromatic carbocycles. The number of hydrogen-bond donors (Lipinski definition) is 1. The summed E-state index contributed by atoms with van der Waals surface area (Å²) in [5.41, 5.74) is 3.38. The molecule has 1 amide bonds. The Bertz CT molecular complexity index is 1210. The molecule has 4 heterocycles. The van der Waals surface area contributed by atoms with E-state index in [1.54, 1.807) is 12.3 Å². The summed E-state index contributed by atoms with van der Waals surface area (Å²) in [7, 11) is 0. The van der Waals surface area contributed by atoms with Crippen LogP contribution in [0.15, 0.2) is 31.0 Å². The average molecular weight is 485 g/mol. The van der Waals surface area contributed by atoms with Crippen molar-refractivity contribution in [3.05, 3.63) is 47.8 Å². The van der Waals surface area contributed by atoms with E-state index < -0.39 is 0 Å². The van der Waals surface area contributed by atoms with Crippen LogP contribution >= 0.6 is 0 Å². The van der Waals surface area contributed by atoms with Crippen molar-refractivity contribution >= 4 is 29.3 Å². The Labute approximate surface area is 212 Å². The van der Waals surface area contributed by atoms with Gasteiger partial charge in [-0.15, -0.1) is 0 Å². The number of pyridine rings is 2. The number of amides is 1. The summed E-state index contributed by atoms with van der Waals surface area (Å²) in [5.74, 6) is 2.60. The molecule has 4 aliphatic rings. The van der Waals surface area contributed by atoms with Crippen molar-refractivity contribution in [3.8, 4) is 6.07 Å². The number of anilines is 3. The number of nitrogens with one attached hydrogen (secondary N) is 1. The van der Waals surface area contributed by atoms with Gasteiger partial charge < -0.3 is 19.9 Å². The fourth-order valence-electron chi connectivity index (χ4n) is 5.34. The summed E-state index contributed by atoms with van der Waals surface area (Å²) in [6, 6.07) is 8.33. The summed E-state index contributed by atoms with van der Waals surface area (Å²) in [5, 5.41) is 13.5. The zero-order chi connectivity index (χ0) is 24.6. The van der Waals surface area contributed by atoms with E-state index in [-0.39, 0.29) is 18.1 Å². The third kappa shape index (κ3) is 4.68. The number of nitriles is 1. The molecule has 0 spiro atoms. The summed E-state index contributed by atoms with van der Waals surface area (Å²) in [6.45, 7) is 6.68. The first kappa shape index (κ1) is 23.0. The Balaban J connectivity index is 1.26. The molecule has 4 fully saturated rings. The minimum absolute atomic E-state index is 0.0880. The Morgan fingerprint density at radius 3 is 2.75 bits per heavy atom. The molecule has 2 aromatic heterocycles. The van der Waals surface area contributed by atoms with Crippen molar-refractivity contribution in [1.29, 1.82) is 5.26 Å². The van der Waals surface area contributed by atoms with E-state index >= 15 is 0 Å². The first-order valence-electron chi connectivity index (χ1n) is 13.1. The maximum atomic E-state index is 13.1. The predicted octanol–water partition coefficient (Wildman–Crippen LogP) is 4.22. The zero-order valence-corrected chi connectivity index (χ0v) is 20.5. The maximum Gasteiger partial charge on any atom is 0.225 e. The second-order valence-electron chi connectivity index (χ2n) is 10.4. The highest BCUT2D eigenvalue weighted by molar-refractivity contribution is 5.78. The standard InChI is InChI=1S/C28H32N6O2/c1-2-18-7-9-30-25(13-18)31-23-14-21(16-29)28(32-27(23)20-5-6-20)33-10-11-34(24(17-33)19-3-4-19)26(35)15-22-8-12-36-22/h2,7,9,13-14,19-20,22,24H,1,3-6,8,10-12,15,17H2,(H,30,31). The van der Waals surface area contributed by atoms with Crippen molar-refractivity contribution in [2.24, 2.45) is 5.92 Å². The fraction of sp³-hybridized carbons (Fsp3) is 0.500. The van der Waals surface area contributed by atoms with Crippen molar-refractivity contribution < 1.29 is 9.53 Å². The Kier molecular flexibility index (Phi) is 6.10. The van der Waals surface area contributed by atoms with Gasteiger partial charge >= 0.3 is 0 Å². The smallest absolute Gasteiger partial charge is 0.225 e. The van der Waals surface area contributed by atoms with Crippen molar-refractivity contribution in [2.75, 3.05) is 36.5 Å². The minimum Gasteiger partial charge on any atom is -0.377 e. The van der Waals surface area contributed by atoms with Crippen LogP contribution in [0, 0.1) is 17.2 Å². The van der Waals surface area contributed by atoms with Crippen molar-refractivity contribution in [3.63, 3.8) is 0 Å². The van der Waals surface area contributed by atoms with Gasteiger partial charge in [-0.05, 0) is 61.8 Å². The van der Waals surface area contributed by atoms with Crippen LogP contribution in [0.3, 0.4) is 0 Å². The number of aromatic nitrogens is 2. The second-order valence-corrected chi connectivity index (χ2v) is 10.4. The monoisotopic (exact) mass is 484 g/mol. The first-order valence-corrected chi connectivity index (χ1v) is 13.1.